The number of aromatic nitrogens is 2. The van der Waals surface area contributed by atoms with Crippen molar-refractivity contribution in [3.8, 4) is 5.69 Å². The Morgan fingerprint density at radius 3 is 2.50 bits per heavy atom. The normalized spacial score (nSPS) is 14.0. The maximum absolute atomic E-state index is 9.42. The highest BCUT2D eigenvalue weighted by Crippen LogP contribution is 2.17. The second-order valence-corrected chi connectivity index (χ2v) is 6.22. The van der Waals surface area contributed by atoms with Crippen LogP contribution in [0.4, 0.5) is 0 Å². The lowest BCUT2D eigenvalue weighted by Crippen LogP contribution is -2.23. The number of nitrogens with one attached hydrogen (secondary N) is 1. The molecular weight excluding hydrogens is 274 g/mol. The molecule has 0 fully saturated rings. The van der Waals surface area contributed by atoms with Crippen LogP contribution in [0.2, 0.25) is 0 Å². The third-order valence-electron chi connectivity index (χ3n) is 3.98. The first kappa shape index (κ1) is 16.7. The Morgan fingerprint density at radius 1 is 1.18 bits per heavy atom. The zero-order chi connectivity index (χ0) is 16.1. The van der Waals surface area contributed by atoms with E-state index in [-0.39, 0.29) is 6.10 Å². The van der Waals surface area contributed by atoms with Gasteiger partial charge >= 0.3 is 0 Å². The van der Waals surface area contributed by atoms with Crippen LogP contribution in [0.5, 0.6) is 0 Å². The van der Waals surface area contributed by atoms with Gasteiger partial charge < -0.3 is 10.4 Å². The minimum absolute atomic E-state index is 0.235. The summed E-state index contributed by atoms with van der Waals surface area (Å²) in [5.74, 6) is 0.463. The quantitative estimate of drug-likeness (QED) is 0.826. The molecule has 0 saturated heterocycles. The second-order valence-electron chi connectivity index (χ2n) is 6.22. The maximum Gasteiger partial charge on any atom is 0.0648 e. The van der Waals surface area contributed by atoms with Gasteiger partial charge in [-0.05, 0) is 51.8 Å². The van der Waals surface area contributed by atoms with Gasteiger partial charge in [0.25, 0.3) is 0 Å². The number of aliphatic hydroxyl groups excluding tert-OH is 1. The molecule has 0 aliphatic heterocycles. The number of hydrogen-bond acceptors (Lipinski definition) is 3. The van der Waals surface area contributed by atoms with Crippen molar-refractivity contribution in [1.82, 2.24) is 15.1 Å². The van der Waals surface area contributed by atoms with Gasteiger partial charge in [0.05, 0.1) is 17.5 Å². The molecule has 0 saturated carbocycles. The topological polar surface area (TPSA) is 50.1 Å². The van der Waals surface area contributed by atoms with E-state index < -0.39 is 0 Å². The molecule has 0 aliphatic rings. The molecule has 0 amide bonds. The third-order valence-corrected chi connectivity index (χ3v) is 3.98. The summed E-state index contributed by atoms with van der Waals surface area (Å²) in [7, 11) is 0. The van der Waals surface area contributed by atoms with E-state index in [0.717, 1.165) is 30.9 Å². The summed E-state index contributed by atoms with van der Waals surface area (Å²) in [6.07, 6.45) is 0.593. The summed E-state index contributed by atoms with van der Waals surface area (Å²) < 4.78 is 2.01. The van der Waals surface area contributed by atoms with Crippen LogP contribution in [0.3, 0.4) is 0 Å². The first-order chi connectivity index (χ1) is 10.5. The van der Waals surface area contributed by atoms with Crippen molar-refractivity contribution in [3.63, 3.8) is 0 Å². The Bertz CT molecular complexity index is 590. The second kappa shape index (κ2) is 7.56. The van der Waals surface area contributed by atoms with E-state index in [0.29, 0.717) is 5.92 Å². The average Bonchev–Trinajstić information content (AvgIpc) is 2.75. The molecule has 0 radical (unpaired) electrons. The Hall–Kier alpha value is -1.65. The van der Waals surface area contributed by atoms with Crippen LogP contribution in [0.15, 0.2) is 30.3 Å². The summed E-state index contributed by atoms with van der Waals surface area (Å²) in [6.45, 7) is 9.89. The lowest BCUT2D eigenvalue weighted by Gasteiger charge is -2.14. The molecule has 2 unspecified atom stereocenters. The van der Waals surface area contributed by atoms with Gasteiger partial charge in [-0.15, -0.1) is 0 Å². The van der Waals surface area contributed by atoms with Gasteiger partial charge in [-0.1, -0.05) is 25.1 Å². The van der Waals surface area contributed by atoms with Gasteiger partial charge in [0.15, 0.2) is 0 Å². The lowest BCUT2D eigenvalue weighted by molar-refractivity contribution is 0.163. The number of para-hydroxylation sites is 1. The number of nitrogens with zero attached hydrogens (tertiary/aromatic N) is 2. The zero-order valence-corrected chi connectivity index (χ0v) is 14.0. The predicted octanol–water partition coefficient (Wildman–Crippen LogP) is 2.99. The van der Waals surface area contributed by atoms with Crippen LogP contribution in [0.25, 0.3) is 5.69 Å². The number of hydrogen-bond donors (Lipinski definition) is 2. The van der Waals surface area contributed by atoms with E-state index in [4.69, 9.17) is 0 Å². The van der Waals surface area contributed by atoms with Gasteiger partial charge in [-0.3, -0.25) is 0 Å². The van der Waals surface area contributed by atoms with Crippen LogP contribution in [0, 0.1) is 19.8 Å². The summed E-state index contributed by atoms with van der Waals surface area (Å²) in [5, 5.41) is 17.6. The van der Waals surface area contributed by atoms with E-state index >= 15 is 0 Å². The standard InChI is InChI=1S/C18H27N3O/c1-13(10-14(2)22)11-19-12-18-15(3)20-21(16(18)4)17-8-6-5-7-9-17/h5-9,13-14,19,22H,10-12H2,1-4H3. The fourth-order valence-electron chi connectivity index (χ4n) is 2.86. The van der Waals surface area contributed by atoms with Crippen molar-refractivity contribution >= 4 is 0 Å². The van der Waals surface area contributed by atoms with Crippen LogP contribution in [0.1, 0.15) is 37.2 Å². The van der Waals surface area contributed by atoms with Crippen LogP contribution in [-0.2, 0) is 6.54 Å². The van der Waals surface area contributed by atoms with Crippen LogP contribution < -0.4 is 5.32 Å². The molecule has 4 heteroatoms. The van der Waals surface area contributed by atoms with E-state index in [1.165, 1.54) is 11.3 Å². The fraction of sp³-hybridized carbons (Fsp3) is 0.500. The van der Waals surface area contributed by atoms with Gasteiger partial charge in [-0.2, -0.15) is 5.10 Å². The van der Waals surface area contributed by atoms with E-state index in [1.807, 2.05) is 29.8 Å². The molecule has 22 heavy (non-hydrogen) atoms. The molecule has 1 aromatic heterocycles. The minimum Gasteiger partial charge on any atom is -0.393 e. The molecule has 0 spiro atoms. The van der Waals surface area contributed by atoms with Crippen LogP contribution >= 0.6 is 0 Å². The summed E-state index contributed by atoms with van der Waals surface area (Å²) in [6, 6.07) is 10.2. The molecule has 1 aromatic carbocycles. The number of aryl methyl sites for hydroxylation is 1. The molecule has 0 aliphatic carbocycles. The zero-order valence-electron chi connectivity index (χ0n) is 14.0. The highest BCUT2D eigenvalue weighted by molar-refractivity contribution is 5.36. The van der Waals surface area contributed by atoms with Gasteiger partial charge in [0.2, 0.25) is 0 Å². The minimum atomic E-state index is -0.235. The first-order valence-electron chi connectivity index (χ1n) is 7.98. The Morgan fingerprint density at radius 2 is 1.86 bits per heavy atom. The maximum atomic E-state index is 9.42. The number of rotatable bonds is 7. The third kappa shape index (κ3) is 4.18. The molecule has 0 bridgehead atoms. The predicted molar refractivity (Wildman–Crippen MR) is 90.2 cm³/mol. The Balaban J connectivity index is 2.02. The molecule has 2 atom stereocenters. The molecule has 120 valence electrons. The highest BCUT2D eigenvalue weighted by Gasteiger charge is 2.13. The number of benzene rings is 1. The van der Waals surface area contributed by atoms with Crippen molar-refractivity contribution < 1.29 is 5.11 Å². The smallest absolute Gasteiger partial charge is 0.0648 e. The first-order valence-corrected chi connectivity index (χ1v) is 7.98. The molecule has 2 aromatic rings. The summed E-state index contributed by atoms with van der Waals surface area (Å²) >= 11 is 0. The van der Waals surface area contributed by atoms with E-state index in [2.05, 4.69) is 43.3 Å². The molecular formula is C18H27N3O. The van der Waals surface area contributed by atoms with E-state index in [1.54, 1.807) is 0 Å². The van der Waals surface area contributed by atoms with Crippen molar-refractivity contribution in [2.45, 2.75) is 46.8 Å². The Labute approximate surface area is 133 Å². The molecule has 2 N–H and O–H groups in total. The fourth-order valence-corrected chi connectivity index (χ4v) is 2.86. The Kier molecular flexibility index (Phi) is 5.75. The number of aliphatic hydroxyl groups is 1. The SMILES string of the molecule is Cc1nn(-c2ccccc2)c(C)c1CNCC(C)CC(C)O. The molecule has 4 nitrogen and oxygen atoms in total. The van der Waals surface area contributed by atoms with Gasteiger partial charge in [0, 0.05) is 17.8 Å². The van der Waals surface area contributed by atoms with Crippen molar-refractivity contribution in [3.05, 3.63) is 47.3 Å². The van der Waals surface area contributed by atoms with E-state index in [9.17, 15) is 5.11 Å². The van der Waals surface area contributed by atoms with Gasteiger partial charge in [-0.25, -0.2) is 4.68 Å². The molecule has 2 rings (SSSR count). The average molecular weight is 301 g/mol. The van der Waals surface area contributed by atoms with Crippen molar-refractivity contribution in [2.24, 2.45) is 5.92 Å². The summed E-state index contributed by atoms with van der Waals surface area (Å²) in [5.41, 5.74) is 4.60. The lowest BCUT2D eigenvalue weighted by atomic mass is 10.0. The van der Waals surface area contributed by atoms with Gasteiger partial charge in [0.1, 0.15) is 0 Å². The largest absolute Gasteiger partial charge is 0.393 e. The van der Waals surface area contributed by atoms with Crippen LogP contribution in [-0.4, -0.2) is 27.5 Å². The highest BCUT2D eigenvalue weighted by atomic mass is 16.3. The van der Waals surface area contributed by atoms with Crippen molar-refractivity contribution in [2.75, 3.05) is 6.54 Å². The monoisotopic (exact) mass is 301 g/mol. The summed E-state index contributed by atoms with van der Waals surface area (Å²) in [4.78, 5) is 0. The van der Waals surface area contributed by atoms with Crippen molar-refractivity contribution in [1.29, 1.82) is 0 Å². The molecule has 1 heterocycles.